The first kappa shape index (κ1) is 16.4. The fourth-order valence-corrected chi connectivity index (χ4v) is 4.58. The van der Waals surface area contributed by atoms with Gasteiger partial charge in [0.15, 0.2) is 0 Å². The number of anilines is 1. The highest BCUT2D eigenvalue weighted by Gasteiger charge is 2.41. The summed E-state index contributed by atoms with van der Waals surface area (Å²) in [7, 11) is 0. The molecule has 0 saturated carbocycles. The molecule has 0 amide bonds. The zero-order chi connectivity index (χ0) is 18.2. The summed E-state index contributed by atoms with van der Waals surface area (Å²) in [5, 5.41) is 8.80. The van der Waals surface area contributed by atoms with Crippen LogP contribution in [0.2, 0.25) is 0 Å². The lowest BCUT2D eigenvalue weighted by Gasteiger charge is -2.35. The van der Waals surface area contributed by atoms with E-state index >= 15 is 0 Å². The molecule has 1 aliphatic heterocycles. The van der Waals surface area contributed by atoms with Crippen molar-refractivity contribution in [2.45, 2.75) is 29.8 Å². The molecule has 27 heavy (non-hydrogen) atoms. The van der Waals surface area contributed by atoms with E-state index < -0.39 is 0 Å². The topological polar surface area (TPSA) is 75.6 Å². The number of aromatic amines is 1. The number of Topliss-reactive ketones (excluding diaryl/α,β-unsaturated/α-hetero) is 1. The molecule has 2 atom stereocenters. The van der Waals surface area contributed by atoms with Crippen molar-refractivity contribution in [3.63, 3.8) is 0 Å². The second kappa shape index (κ2) is 6.74. The van der Waals surface area contributed by atoms with Gasteiger partial charge in [-0.25, -0.2) is 4.68 Å². The van der Waals surface area contributed by atoms with E-state index in [1.807, 2.05) is 41.3 Å². The van der Waals surface area contributed by atoms with Crippen LogP contribution in [0.3, 0.4) is 0 Å². The Hall–Kier alpha value is -2.80. The van der Waals surface area contributed by atoms with Crippen molar-refractivity contribution in [2.75, 3.05) is 5.32 Å². The summed E-state index contributed by atoms with van der Waals surface area (Å²) < 4.78 is 1.88. The van der Waals surface area contributed by atoms with Gasteiger partial charge in [0, 0.05) is 30.3 Å². The number of hydrogen-bond donors (Lipinski definition) is 2. The number of aromatic nitrogens is 4. The largest absolute Gasteiger partial charge is 0.367 e. The minimum absolute atomic E-state index is 0.162. The van der Waals surface area contributed by atoms with Crippen LogP contribution < -0.4 is 5.32 Å². The van der Waals surface area contributed by atoms with E-state index in [0.29, 0.717) is 17.5 Å². The number of ketones is 1. The number of carbonyl (C=O) groups excluding carboxylic acids is 1. The normalized spacial score (nSPS) is 21.2. The van der Waals surface area contributed by atoms with Gasteiger partial charge >= 0.3 is 0 Å². The van der Waals surface area contributed by atoms with Gasteiger partial charge in [-0.1, -0.05) is 48.2 Å². The van der Waals surface area contributed by atoms with Gasteiger partial charge in [0.1, 0.15) is 5.78 Å². The minimum Gasteiger partial charge on any atom is -0.367 e. The molecule has 6 nitrogen and oxygen atoms in total. The summed E-state index contributed by atoms with van der Waals surface area (Å²) in [6.07, 6.45) is 7.31. The number of benzene rings is 1. The molecule has 3 aromatic rings. The lowest BCUT2D eigenvalue weighted by molar-refractivity contribution is -0.123. The predicted octanol–water partition coefficient (Wildman–Crippen LogP) is 3.78. The van der Waals surface area contributed by atoms with Gasteiger partial charge in [-0.05, 0) is 23.6 Å². The van der Waals surface area contributed by atoms with Crippen molar-refractivity contribution < 1.29 is 4.79 Å². The molecule has 3 heterocycles. The van der Waals surface area contributed by atoms with E-state index in [1.54, 1.807) is 11.8 Å². The van der Waals surface area contributed by atoms with Gasteiger partial charge < -0.3 is 10.3 Å². The van der Waals surface area contributed by atoms with Crippen LogP contribution in [0, 0.1) is 5.92 Å². The van der Waals surface area contributed by atoms with Gasteiger partial charge in [-0.3, -0.25) is 4.79 Å². The molecule has 0 saturated heterocycles. The molecule has 2 N–H and O–H groups in total. The first-order valence-corrected chi connectivity index (χ1v) is 10.0. The quantitative estimate of drug-likeness (QED) is 0.677. The third-order valence-corrected chi connectivity index (χ3v) is 5.97. The maximum atomic E-state index is 12.7. The van der Waals surface area contributed by atoms with E-state index in [2.05, 4.69) is 33.5 Å². The minimum atomic E-state index is -0.226. The number of fused-ring (bicyclic) bond motifs is 2. The zero-order valence-electron chi connectivity index (χ0n) is 14.6. The van der Waals surface area contributed by atoms with Crippen LogP contribution in [-0.4, -0.2) is 25.5 Å². The molecule has 0 fully saturated rings. The average Bonchev–Trinajstić information content (AvgIpc) is 3.35. The molecule has 0 radical (unpaired) electrons. The Bertz CT molecular complexity index is 993. The molecular weight excluding hydrogens is 358 g/mol. The Morgan fingerprint density at radius 2 is 2.11 bits per heavy atom. The molecule has 2 aromatic heterocycles. The third-order valence-electron chi connectivity index (χ3n) is 5.06. The number of nitrogens with zero attached hydrogens (tertiary/aromatic N) is 3. The Morgan fingerprint density at radius 1 is 1.22 bits per heavy atom. The SMILES string of the molecule is O=C1CCC=C2Nc3nc(SCc4ccccc4)nn3[C@H](c3cc[nH]c3)[C@@H]12. The van der Waals surface area contributed by atoms with E-state index in [-0.39, 0.29) is 17.7 Å². The predicted molar refractivity (Wildman–Crippen MR) is 104 cm³/mol. The Morgan fingerprint density at radius 3 is 2.93 bits per heavy atom. The Labute approximate surface area is 161 Å². The number of allylic oxidation sites excluding steroid dienone is 2. The van der Waals surface area contributed by atoms with Crippen LogP contribution in [0.15, 0.2) is 65.7 Å². The number of nitrogens with one attached hydrogen (secondary N) is 2. The smallest absolute Gasteiger partial charge is 0.227 e. The summed E-state index contributed by atoms with van der Waals surface area (Å²) in [6.45, 7) is 0. The van der Waals surface area contributed by atoms with Crippen molar-refractivity contribution in [1.29, 1.82) is 0 Å². The molecule has 0 bridgehead atoms. The van der Waals surface area contributed by atoms with E-state index in [1.165, 1.54) is 5.56 Å². The number of carbonyl (C=O) groups is 1. The monoisotopic (exact) mass is 377 g/mol. The third kappa shape index (κ3) is 2.98. The van der Waals surface area contributed by atoms with Crippen molar-refractivity contribution in [1.82, 2.24) is 19.7 Å². The van der Waals surface area contributed by atoms with Crippen molar-refractivity contribution >= 4 is 23.5 Å². The highest BCUT2D eigenvalue weighted by Crippen LogP contribution is 2.41. The average molecular weight is 377 g/mol. The van der Waals surface area contributed by atoms with E-state index in [9.17, 15) is 4.79 Å². The Kier molecular flexibility index (Phi) is 4.09. The Balaban J connectivity index is 1.50. The van der Waals surface area contributed by atoms with Gasteiger partial charge in [0.25, 0.3) is 0 Å². The van der Waals surface area contributed by atoms with E-state index in [4.69, 9.17) is 5.10 Å². The van der Waals surface area contributed by atoms with Gasteiger partial charge in [-0.2, -0.15) is 4.98 Å². The van der Waals surface area contributed by atoms with Crippen molar-refractivity contribution in [3.8, 4) is 0 Å². The van der Waals surface area contributed by atoms with Crippen molar-refractivity contribution in [2.24, 2.45) is 5.92 Å². The number of H-pyrrole nitrogens is 1. The number of thioether (sulfide) groups is 1. The number of hydrogen-bond acceptors (Lipinski definition) is 5. The summed E-state index contributed by atoms with van der Waals surface area (Å²) in [5.41, 5.74) is 3.24. The number of rotatable bonds is 4. The first-order chi connectivity index (χ1) is 13.3. The molecule has 2 aliphatic rings. The molecule has 7 heteroatoms. The molecule has 0 spiro atoms. The highest BCUT2D eigenvalue weighted by atomic mass is 32.2. The van der Waals surface area contributed by atoms with Crippen molar-refractivity contribution in [3.05, 3.63) is 71.7 Å². The second-order valence-corrected chi connectivity index (χ2v) is 7.74. The lowest BCUT2D eigenvalue weighted by atomic mass is 9.81. The fourth-order valence-electron chi connectivity index (χ4n) is 3.79. The summed E-state index contributed by atoms with van der Waals surface area (Å²) >= 11 is 1.61. The summed E-state index contributed by atoms with van der Waals surface area (Å²) in [5.74, 6) is 1.54. The molecule has 1 aliphatic carbocycles. The molecule has 1 aromatic carbocycles. The lowest BCUT2D eigenvalue weighted by Crippen LogP contribution is -2.38. The van der Waals surface area contributed by atoms with Crippen LogP contribution in [-0.2, 0) is 10.5 Å². The second-order valence-electron chi connectivity index (χ2n) is 6.79. The molecule has 136 valence electrons. The molecular formula is C20H19N5OS. The zero-order valence-corrected chi connectivity index (χ0v) is 15.4. The van der Waals surface area contributed by atoms with Crippen LogP contribution in [0.5, 0.6) is 0 Å². The van der Waals surface area contributed by atoms with Crippen LogP contribution in [0.25, 0.3) is 0 Å². The molecule has 5 rings (SSSR count). The van der Waals surface area contributed by atoms with Crippen LogP contribution in [0.4, 0.5) is 5.95 Å². The maximum Gasteiger partial charge on any atom is 0.227 e. The standard InChI is InChI=1S/C20H19N5OS/c26-16-8-4-7-15-17(16)18(14-9-10-21-11-14)25-19(22-15)23-20(24-25)27-12-13-5-2-1-3-6-13/h1-3,5-7,9-11,17-18,21H,4,8,12H2,(H,22,23,24)/t17-,18-/m1/s1. The fraction of sp³-hybridized carbons (Fsp3) is 0.250. The van der Waals surface area contributed by atoms with Gasteiger partial charge in [-0.15, -0.1) is 5.10 Å². The van der Waals surface area contributed by atoms with Gasteiger partial charge in [0.05, 0.1) is 12.0 Å². The molecule has 0 unspecified atom stereocenters. The van der Waals surface area contributed by atoms with Crippen LogP contribution >= 0.6 is 11.8 Å². The highest BCUT2D eigenvalue weighted by molar-refractivity contribution is 7.98. The first-order valence-electron chi connectivity index (χ1n) is 9.05. The van der Waals surface area contributed by atoms with E-state index in [0.717, 1.165) is 23.4 Å². The van der Waals surface area contributed by atoms with Gasteiger partial charge in [0.2, 0.25) is 11.1 Å². The maximum absolute atomic E-state index is 12.7. The summed E-state index contributed by atoms with van der Waals surface area (Å²) in [6, 6.07) is 12.1. The van der Waals surface area contributed by atoms with Crippen LogP contribution in [0.1, 0.15) is 30.0 Å². The summed E-state index contributed by atoms with van der Waals surface area (Å²) in [4.78, 5) is 20.5.